The first-order valence-electron chi connectivity index (χ1n) is 4.00. The van der Waals surface area contributed by atoms with Crippen LogP contribution < -0.4 is 0 Å². The number of aromatic nitrogens is 1. The summed E-state index contributed by atoms with van der Waals surface area (Å²) in [6, 6.07) is 3.40. The molecule has 4 nitrogen and oxygen atoms in total. The number of ether oxygens (including phenoxy) is 1. The van der Waals surface area contributed by atoms with E-state index in [1.807, 2.05) is 6.92 Å². The van der Waals surface area contributed by atoms with Crippen molar-refractivity contribution in [3.63, 3.8) is 0 Å². The maximum absolute atomic E-state index is 10.7. The summed E-state index contributed by atoms with van der Waals surface area (Å²) < 4.78 is 5.11. The fourth-order valence-electron chi connectivity index (χ4n) is 0.960. The predicted molar refractivity (Wildman–Crippen MR) is 46.5 cm³/mol. The van der Waals surface area contributed by atoms with Gasteiger partial charge in [0.05, 0.1) is 6.61 Å². The van der Waals surface area contributed by atoms with Crippen molar-refractivity contribution in [1.29, 1.82) is 0 Å². The highest BCUT2D eigenvalue weighted by molar-refractivity contribution is 5.86. The van der Waals surface area contributed by atoms with Gasteiger partial charge in [0.1, 0.15) is 0 Å². The molecule has 0 spiro atoms. The first-order valence-corrected chi connectivity index (χ1v) is 4.00. The van der Waals surface area contributed by atoms with Gasteiger partial charge >= 0.3 is 5.97 Å². The highest BCUT2D eigenvalue weighted by Gasteiger charge is 2.09. The molecule has 0 amide bonds. The summed E-state index contributed by atoms with van der Waals surface area (Å²) in [5, 5.41) is 8.75. The van der Waals surface area contributed by atoms with Gasteiger partial charge in [-0.3, -0.25) is 0 Å². The number of hydrogen-bond donors (Lipinski definition) is 1. The van der Waals surface area contributed by atoms with Crippen LogP contribution in [0.2, 0.25) is 0 Å². The average molecular weight is 181 g/mol. The van der Waals surface area contributed by atoms with Crippen LogP contribution in [0.3, 0.4) is 0 Å². The minimum atomic E-state index is -1.02. The summed E-state index contributed by atoms with van der Waals surface area (Å²) in [4.78, 5) is 14.4. The number of nitrogens with zero attached hydrogens (tertiary/aromatic N) is 1. The molecular formula is C9H11NO3. The van der Waals surface area contributed by atoms with Gasteiger partial charge in [0.15, 0.2) is 5.69 Å². The van der Waals surface area contributed by atoms with Gasteiger partial charge in [-0.25, -0.2) is 9.78 Å². The molecular weight excluding hydrogens is 170 g/mol. The maximum atomic E-state index is 10.7. The van der Waals surface area contributed by atoms with Crippen LogP contribution in [0.5, 0.6) is 0 Å². The fourth-order valence-corrected chi connectivity index (χ4v) is 0.960. The van der Waals surface area contributed by atoms with E-state index >= 15 is 0 Å². The zero-order chi connectivity index (χ0) is 9.68. The highest BCUT2D eigenvalue weighted by atomic mass is 16.5. The first-order chi connectivity index (χ1) is 6.25. The van der Waals surface area contributed by atoms with Crippen LogP contribution in [-0.4, -0.2) is 22.7 Å². The van der Waals surface area contributed by atoms with Crippen LogP contribution >= 0.6 is 0 Å². The molecule has 0 aromatic carbocycles. The van der Waals surface area contributed by atoms with Crippen LogP contribution in [0.15, 0.2) is 18.3 Å². The zero-order valence-electron chi connectivity index (χ0n) is 7.36. The van der Waals surface area contributed by atoms with Gasteiger partial charge in [-0.2, -0.15) is 0 Å². The Morgan fingerprint density at radius 1 is 1.69 bits per heavy atom. The van der Waals surface area contributed by atoms with Crippen molar-refractivity contribution in [3.05, 3.63) is 29.6 Å². The summed E-state index contributed by atoms with van der Waals surface area (Å²) in [6.07, 6.45) is 1.46. The Morgan fingerprint density at radius 2 is 2.46 bits per heavy atom. The van der Waals surface area contributed by atoms with Crippen molar-refractivity contribution in [1.82, 2.24) is 4.98 Å². The molecule has 0 aliphatic carbocycles. The molecule has 0 aliphatic rings. The molecule has 0 aliphatic heterocycles. The second-order valence-corrected chi connectivity index (χ2v) is 2.45. The van der Waals surface area contributed by atoms with Crippen molar-refractivity contribution >= 4 is 5.97 Å². The molecule has 13 heavy (non-hydrogen) atoms. The number of carbonyl (C=O) groups is 1. The maximum Gasteiger partial charge on any atom is 0.354 e. The normalized spacial score (nSPS) is 9.92. The Kier molecular flexibility index (Phi) is 3.40. The van der Waals surface area contributed by atoms with Gasteiger partial charge in [0, 0.05) is 18.4 Å². The lowest BCUT2D eigenvalue weighted by atomic mass is 10.2. The van der Waals surface area contributed by atoms with Gasteiger partial charge in [0.25, 0.3) is 0 Å². The van der Waals surface area contributed by atoms with E-state index in [9.17, 15) is 4.79 Å². The third kappa shape index (κ3) is 2.52. The van der Waals surface area contributed by atoms with Crippen LogP contribution in [-0.2, 0) is 11.3 Å². The molecule has 1 heterocycles. The van der Waals surface area contributed by atoms with E-state index in [-0.39, 0.29) is 5.69 Å². The Balaban J connectivity index is 2.84. The van der Waals surface area contributed by atoms with Crippen LogP contribution in [0.25, 0.3) is 0 Å². The van der Waals surface area contributed by atoms with E-state index in [2.05, 4.69) is 4.98 Å². The van der Waals surface area contributed by atoms with Gasteiger partial charge in [-0.15, -0.1) is 0 Å². The highest BCUT2D eigenvalue weighted by Crippen LogP contribution is 2.06. The van der Waals surface area contributed by atoms with Crippen molar-refractivity contribution in [2.45, 2.75) is 13.5 Å². The second kappa shape index (κ2) is 4.57. The van der Waals surface area contributed by atoms with Crippen LogP contribution in [0.1, 0.15) is 23.0 Å². The van der Waals surface area contributed by atoms with Crippen molar-refractivity contribution in [3.8, 4) is 0 Å². The average Bonchev–Trinajstić information content (AvgIpc) is 2.15. The lowest BCUT2D eigenvalue weighted by molar-refractivity contribution is 0.0681. The largest absolute Gasteiger partial charge is 0.477 e. The number of carboxylic acids is 1. The third-order valence-corrected chi connectivity index (χ3v) is 1.56. The quantitative estimate of drug-likeness (QED) is 0.760. The molecule has 0 radical (unpaired) electrons. The van der Waals surface area contributed by atoms with E-state index in [1.165, 1.54) is 6.20 Å². The minimum absolute atomic E-state index is 0.0657. The molecule has 4 heteroatoms. The molecule has 0 saturated heterocycles. The lowest BCUT2D eigenvalue weighted by Crippen LogP contribution is -2.06. The Morgan fingerprint density at radius 3 is 3.08 bits per heavy atom. The fraction of sp³-hybridized carbons (Fsp3) is 0.333. The predicted octanol–water partition coefficient (Wildman–Crippen LogP) is 1.32. The molecule has 1 rings (SSSR count). The SMILES string of the molecule is CCOCc1cccnc1C(=O)O. The van der Waals surface area contributed by atoms with Crippen molar-refractivity contribution in [2.24, 2.45) is 0 Å². The summed E-state index contributed by atoms with van der Waals surface area (Å²) in [7, 11) is 0. The van der Waals surface area contributed by atoms with Gasteiger partial charge in [0.2, 0.25) is 0 Å². The number of pyridine rings is 1. The smallest absolute Gasteiger partial charge is 0.354 e. The second-order valence-electron chi connectivity index (χ2n) is 2.45. The molecule has 1 aromatic heterocycles. The van der Waals surface area contributed by atoms with E-state index in [1.54, 1.807) is 12.1 Å². The topological polar surface area (TPSA) is 59.4 Å². The number of aromatic carboxylic acids is 1. The molecule has 0 unspecified atom stereocenters. The van der Waals surface area contributed by atoms with Gasteiger partial charge < -0.3 is 9.84 Å². The molecule has 0 fully saturated rings. The van der Waals surface area contributed by atoms with Crippen molar-refractivity contribution < 1.29 is 14.6 Å². The Labute approximate surface area is 76.2 Å². The van der Waals surface area contributed by atoms with E-state index in [0.717, 1.165) is 0 Å². The summed E-state index contributed by atoms with van der Waals surface area (Å²) in [6.45, 7) is 2.72. The molecule has 0 saturated carbocycles. The van der Waals surface area contributed by atoms with Crippen molar-refractivity contribution in [2.75, 3.05) is 6.61 Å². The third-order valence-electron chi connectivity index (χ3n) is 1.56. The standard InChI is InChI=1S/C9H11NO3/c1-2-13-6-7-4-3-5-10-8(7)9(11)12/h3-5H,2,6H2,1H3,(H,11,12). The van der Waals surface area contributed by atoms with E-state index < -0.39 is 5.97 Å². The Bertz CT molecular complexity index is 299. The van der Waals surface area contributed by atoms with Crippen LogP contribution in [0.4, 0.5) is 0 Å². The van der Waals surface area contributed by atoms with Crippen LogP contribution in [0, 0.1) is 0 Å². The molecule has 70 valence electrons. The summed E-state index contributed by atoms with van der Waals surface area (Å²) >= 11 is 0. The van der Waals surface area contributed by atoms with Gasteiger partial charge in [-0.05, 0) is 13.0 Å². The molecule has 1 aromatic rings. The molecule has 0 bridgehead atoms. The van der Waals surface area contributed by atoms with E-state index in [4.69, 9.17) is 9.84 Å². The lowest BCUT2D eigenvalue weighted by Gasteiger charge is -2.03. The number of carboxylic acid groups (broad SMARTS) is 1. The zero-order valence-corrected chi connectivity index (χ0v) is 7.36. The molecule has 0 atom stereocenters. The first kappa shape index (κ1) is 9.67. The summed E-state index contributed by atoms with van der Waals surface area (Å²) in [5.74, 6) is -1.02. The number of hydrogen-bond acceptors (Lipinski definition) is 3. The summed E-state index contributed by atoms with van der Waals surface area (Å²) in [5.41, 5.74) is 0.674. The van der Waals surface area contributed by atoms with Gasteiger partial charge in [-0.1, -0.05) is 6.07 Å². The van der Waals surface area contributed by atoms with E-state index in [0.29, 0.717) is 18.8 Å². The number of rotatable bonds is 4. The molecule has 1 N–H and O–H groups in total. The Hall–Kier alpha value is -1.42. The minimum Gasteiger partial charge on any atom is -0.477 e. The monoisotopic (exact) mass is 181 g/mol.